The zero-order valence-corrected chi connectivity index (χ0v) is 14.6. The van der Waals surface area contributed by atoms with Gasteiger partial charge in [0.2, 0.25) is 5.91 Å². The van der Waals surface area contributed by atoms with Crippen LogP contribution in [0.3, 0.4) is 0 Å². The van der Waals surface area contributed by atoms with Crippen molar-refractivity contribution in [2.75, 3.05) is 40.3 Å². The number of nitrogens with one attached hydrogen (secondary N) is 1. The summed E-state index contributed by atoms with van der Waals surface area (Å²) >= 11 is 5.77. The second-order valence-electron chi connectivity index (χ2n) is 6.38. The van der Waals surface area contributed by atoms with Crippen LogP contribution in [0.5, 0.6) is 0 Å². The molecule has 1 aromatic rings. The van der Waals surface area contributed by atoms with Crippen LogP contribution in [0, 0.1) is 11.7 Å². The van der Waals surface area contributed by atoms with Gasteiger partial charge in [-0.3, -0.25) is 9.69 Å². The van der Waals surface area contributed by atoms with Gasteiger partial charge >= 0.3 is 0 Å². The van der Waals surface area contributed by atoms with E-state index in [1.54, 1.807) is 12.1 Å². The standard InChI is InChI=1S/C17H25ClFN3O/c1-21(2)10-7-20-17(23)13-5-8-22(9-6-13)12-14-3-4-15(18)11-16(14)19/h3-4,11,13H,5-10,12H2,1-2H3,(H,20,23). The lowest BCUT2D eigenvalue weighted by atomic mass is 9.95. The average Bonchev–Trinajstić information content (AvgIpc) is 2.50. The molecule has 1 saturated heterocycles. The van der Waals surface area contributed by atoms with Crippen LogP contribution in [0.25, 0.3) is 0 Å². The predicted octanol–water partition coefficient (Wildman–Crippen LogP) is 2.37. The molecule has 6 heteroatoms. The number of likely N-dealkylation sites (N-methyl/N-ethyl adjacent to an activating group) is 1. The second kappa shape index (κ2) is 8.62. The Labute approximate surface area is 142 Å². The molecule has 0 unspecified atom stereocenters. The minimum absolute atomic E-state index is 0.0727. The molecule has 4 nitrogen and oxygen atoms in total. The third-order valence-electron chi connectivity index (χ3n) is 4.23. The maximum atomic E-state index is 13.8. The highest BCUT2D eigenvalue weighted by molar-refractivity contribution is 6.30. The Morgan fingerprint density at radius 2 is 2.09 bits per heavy atom. The van der Waals surface area contributed by atoms with Gasteiger partial charge in [0.05, 0.1) is 0 Å². The van der Waals surface area contributed by atoms with E-state index < -0.39 is 0 Å². The third kappa shape index (κ3) is 5.75. The summed E-state index contributed by atoms with van der Waals surface area (Å²) in [5.74, 6) is -0.0475. The molecule has 0 aromatic heterocycles. The third-order valence-corrected chi connectivity index (χ3v) is 4.46. The molecule has 1 aromatic carbocycles. The summed E-state index contributed by atoms with van der Waals surface area (Å²) in [6, 6.07) is 4.80. The van der Waals surface area contributed by atoms with Gasteiger partial charge < -0.3 is 10.2 Å². The van der Waals surface area contributed by atoms with Crippen molar-refractivity contribution in [2.24, 2.45) is 5.92 Å². The molecule has 1 amide bonds. The normalized spacial score (nSPS) is 16.7. The fraction of sp³-hybridized carbons (Fsp3) is 0.588. The molecule has 0 bridgehead atoms. The number of halogens is 2. The zero-order valence-electron chi connectivity index (χ0n) is 13.8. The highest BCUT2D eigenvalue weighted by Crippen LogP contribution is 2.21. The molecule has 0 saturated carbocycles. The van der Waals surface area contributed by atoms with E-state index in [1.807, 2.05) is 19.0 Å². The number of benzene rings is 1. The highest BCUT2D eigenvalue weighted by Gasteiger charge is 2.25. The van der Waals surface area contributed by atoms with Gasteiger partial charge in [-0.15, -0.1) is 0 Å². The maximum Gasteiger partial charge on any atom is 0.223 e. The number of carbonyl (C=O) groups excluding carboxylic acids is 1. The molecule has 0 spiro atoms. The van der Waals surface area contributed by atoms with Crippen molar-refractivity contribution in [3.8, 4) is 0 Å². The molecule has 128 valence electrons. The molecule has 0 aliphatic carbocycles. The van der Waals surface area contributed by atoms with E-state index in [0.29, 0.717) is 23.7 Å². The summed E-state index contributed by atoms with van der Waals surface area (Å²) < 4.78 is 13.8. The number of carbonyl (C=O) groups is 1. The first-order chi connectivity index (χ1) is 11.0. The van der Waals surface area contributed by atoms with Gasteiger partial charge in [0.1, 0.15) is 5.82 Å². The van der Waals surface area contributed by atoms with Crippen molar-refractivity contribution >= 4 is 17.5 Å². The van der Waals surface area contributed by atoms with E-state index in [4.69, 9.17) is 11.6 Å². The van der Waals surface area contributed by atoms with Crippen molar-refractivity contribution in [2.45, 2.75) is 19.4 Å². The summed E-state index contributed by atoms with van der Waals surface area (Å²) in [5.41, 5.74) is 0.656. The lowest BCUT2D eigenvalue weighted by Crippen LogP contribution is -2.41. The van der Waals surface area contributed by atoms with Gasteiger partial charge in [-0.05, 0) is 52.2 Å². The number of likely N-dealkylation sites (tertiary alicyclic amines) is 1. The lowest BCUT2D eigenvalue weighted by Gasteiger charge is -2.31. The van der Waals surface area contributed by atoms with Gasteiger partial charge in [-0.25, -0.2) is 4.39 Å². The van der Waals surface area contributed by atoms with Gasteiger partial charge in [0, 0.05) is 36.1 Å². The minimum atomic E-state index is -0.263. The molecule has 0 atom stereocenters. The number of hydrogen-bond donors (Lipinski definition) is 1. The van der Waals surface area contributed by atoms with Gasteiger partial charge in [-0.2, -0.15) is 0 Å². The Morgan fingerprint density at radius 3 is 2.70 bits per heavy atom. The van der Waals surface area contributed by atoms with E-state index in [0.717, 1.165) is 32.5 Å². The Balaban J connectivity index is 1.76. The van der Waals surface area contributed by atoms with E-state index in [9.17, 15) is 9.18 Å². The van der Waals surface area contributed by atoms with Crippen LogP contribution < -0.4 is 5.32 Å². The summed E-state index contributed by atoms with van der Waals surface area (Å²) in [6.45, 7) is 3.72. The summed E-state index contributed by atoms with van der Waals surface area (Å²) in [5, 5.41) is 3.41. The van der Waals surface area contributed by atoms with Crippen molar-refractivity contribution < 1.29 is 9.18 Å². The lowest BCUT2D eigenvalue weighted by molar-refractivity contribution is -0.126. The quantitative estimate of drug-likeness (QED) is 0.863. The number of rotatable bonds is 6. The van der Waals surface area contributed by atoms with E-state index >= 15 is 0 Å². The SMILES string of the molecule is CN(C)CCNC(=O)C1CCN(Cc2ccc(Cl)cc2F)CC1. The first kappa shape index (κ1) is 18.2. The van der Waals surface area contributed by atoms with Crippen LogP contribution in [0.15, 0.2) is 18.2 Å². The molecule has 1 fully saturated rings. The first-order valence-electron chi connectivity index (χ1n) is 8.04. The number of hydrogen-bond acceptors (Lipinski definition) is 3. The fourth-order valence-corrected chi connectivity index (χ4v) is 2.95. The van der Waals surface area contributed by atoms with Gasteiger partial charge in [-0.1, -0.05) is 17.7 Å². The van der Waals surface area contributed by atoms with E-state index in [-0.39, 0.29) is 17.6 Å². The molecule has 1 aliphatic heterocycles. The molecule has 23 heavy (non-hydrogen) atoms. The Bertz CT molecular complexity index is 531. The molecule has 1 heterocycles. The summed E-state index contributed by atoms with van der Waals surface area (Å²) in [4.78, 5) is 16.3. The van der Waals surface area contributed by atoms with Crippen molar-refractivity contribution in [3.63, 3.8) is 0 Å². The molecule has 1 aliphatic rings. The maximum absolute atomic E-state index is 13.8. The van der Waals surface area contributed by atoms with Crippen LogP contribution in [-0.2, 0) is 11.3 Å². The predicted molar refractivity (Wildman–Crippen MR) is 91.0 cm³/mol. The van der Waals surface area contributed by atoms with Crippen molar-refractivity contribution in [3.05, 3.63) is 34.6 Å². The second-order valence-corrected chi connectivity index (χ2v) is 6.82. The monoisotopic (exact) mass is 341 g/mol. The molecule has 0 radical (unpaired) electrons. The first-order valence-corrected chi connectivity index (χ1v) is 8.42. The van der Waals surface area contributed by atoms with Crippen LogP contribution in [-0.4, -0.2) is 56.0 Å². The fourth-order valence-electron chi connectivity index (χ4n) is 2.79. The van der Waals surface area contributed by atoms with E-state index in [2.05, 4.69) is 10.2 Å². The van der Waals surface area contributed by atoms with Crippen LogP contribution in [0.1, 0.15) is 18.4 Å². The topological polar surface area (TPSA) is 35.6 Å². The Morgan fingerprint density at radius 1 is 1.39 bits per heavy atom. The Kier molecular flexibility index (Phi) is 6.81. The van der Waals surface area contributed by atoms with Gasteiger partial charge in [0.15, 0.2) is 0 Å². The molecular weight excluding hydrogens is 317 g/mol. The average molecular weight is 342 g/mol. The van der Waals surface area contributed by atoms with Crippen LogP contribution >= 0.6 is 11.6 Å². The van der Waals surface area contributed by atoms with Crippen molar-refractivity contribution in [1.82, 2.24) is 15.1 Å². The molecule has 2 rings (SSSR count). The highest BCUT2D eigenvalue weighted by atomic mass is 35.5. The number of amides is 1. The largest absolute Gasteiger partial charge is 0.355 e. The van der Waals surface area contributed by atoms with Crippen LogP contribution in [0.4, 0.5) is 4.39 Å². The zero-order chi connectivity index (χ0) is 16.8. The number of piperidine rings is 1. The summed E-state index contributed by atoms with van der Waals surface area (Å²) in [7, 11) is 3.97. The molecular formula is C17H25ClFN3O. The van der Waals surface area contributed by atoms with Crippen molar-refractivity contribution in [1.29, 1.82) is 0 Å². The van der Waals surface area contributed by atoms with Crippen LogP contribution in [0.2, 0.25) is 5.02 Å². The molecule has 1 N–H and O–H groups in total. The Hall–Kier alpha value is -1.17. The smallest absolute Gasteiger partial charge is 0.223 e. The number of nitrogens with zero attached hydrogens (tertiary/aromatic N) is 2. The summed E-state index contributed by atoms with van der Waals surface area (Å²) in [6.07, 6.45) is 1.64. The van der Waals surface area contributed by atoms with E-state index in [1.165, 1.54) is 6.07 Å². The van der Waals surface area contributed by atoms with Gasteiger partial charge in [0.25, 0.3) is 0 Å². The minimum Gasteiger partial charge on any atom is -0.355 e.